The predicted molar refractivity (Wildman–Crippen MR) is 107 cm³/mol. The third-order valence-corrected chi connectivity index (χ3v) is 6.30. The Labute approximate surface area is 167 Å². The van der Waals surface area contributed by atoms with E-state index in [1.807, 2.05) is 19.9 Å². The molecule has 0 saturated heterocycles. The summed E-state index contributed by atoms with van der Waals surface area (Å²) in [6.07, 6.45) is -2.37. The quantitative estimate of drug-likeness (QED) is 0.433. The molecule has 0 atom stereocenters. The zero-order valence-corrected chi connectivity index (χ0v) is 17.0. The van der Waals surface area contributed by atoms with Gasteiger partial charge in [0.05, 0.1) is 21.7 Å². The van der Waals surface area contributed by atoms with Crippen LogP contribution in [-0.4, -0.2) is 38.8 Å². The number of hydrogen-bond donors (Lipinski definition) is 1. The summed E-state index contributed by atoms with van der Waals surface area (Å²) in [6.45, 7) is 3.77. The van der Waals surface area contributed by atoms with E-state index in [0.29, 0.717) is 15.2 Å². The van der Waals surface area contributed by atoms with Gasteiger partial charge in [0.25, 0.3) is 0 Å². The van der Waals surface area contributed by atoms with Gasteiger partial charge in [-0.1, -0.05) is 23.5 Å². The van der Waals surface area contributed by atoms with Crippen LogP contribution < -0.4 is 5.32 Å². The molecule has 142 valence electrons. The lowest BCUT2D eigenvalue weighted by Crippen LogP contribution is -2.14. The Balaban J connectivity index is 1.60. The standard InChI is InChI=1S/C17H16F2N4OS3/c1-9-5-10(2)21-16(20-9)25-8-15(24)22-11-3-4-12-13(6-11)27-17(23-12)26-7-14(18)19/h3-6,14H,7-8H2,1-2H3,(H,22,24). The minimum Gasteiger partial charge on any atom is -0.325 e. The third-order valence-electron chi connectivity index (χ3n) is 3.28. The van der Waals surface area contributed by atoms with E-state index in [1.54, 1.807) is 18.2 Å². The van der Waals surface area contributed by atoms with Gasteiger partial charge in [-0.2, -0.15) is 0 Å². The van der Waals surface area contributed by atoms with Gasteiger partial charge in [-0.25, -0.2) is 23.7 Å². The van der Waals surface area contributed by atoms with Gasteiger partial charge in [-0.05, 0) is 38.1 Å². The fourth-order valence-corrected chi connectivity index (χ4v) is 4.89. The van der Waals surface area contributed by atoms with E-state index >= 15 is 0 Å². The minimum atomic E-state index is -2.37. The van der Waals surface area contributed by atoms with Gasteiger partial charge in [0.1, 0.15) is 0 Å². The first-order valence-corrected chi connectivity index (χ1v) is 10.7. The lowest BCUT2D eigenvalue weighted by atomic mass is 10.3. The number of amides is 1. The van der Waals surface area contributed by atoms with E-state index < -0.39 is 6.43 Å². The van der Waals surface area contributed by atoms with Crippen molar-refractivity contribution in [1.29, 1.82) is 0 Å². The van der Waals surface area contributed by atoms with Crippen LogP contribution in [0.3, 0.4) is 0 Å². The van der Waals surface area contributed by atoms with Crippen molar-refractivity contribution in [2.75, 3.05) is 16.8 Å². The molecule has 3 rings (SSSR count). The number of nitrogens with one attached hydrogen (secondary N) is 1. The van der Waals surface area contributed by atoms with Gasteiger partial charge in [0.15, 0.2) is 9.50 Å². The topological polar surface area (TPSA) is 67.8 Å². The summed E-state index contributed by atoms with van der Waals surface area (Å²) in [4.78, 5) is 25.1. The molecule has 0 bridgehead atoms. The Morgan fingerprint density at radius 3 is 2.59 bits per heavy atom. The van der Waals surface area contributed by atoms with E-state index in [1.165, 1.54) is 23.1 Å². The predicted octanol–water partition coefficient (Wildman–Crippen LogP) is 4.79. The van der Waals surface area contributed by atoms with Crippen molar-refractivity contribution in [2.45, 2.75) is 29.8 Å². The number of thiazole rings is 1. The number of hydrogen-bond acceptors (Lipinski definition) is 7. The third kappa shape index (κ3) is 5.85. The summed E-state index contributed by atoms with van der Waals surface area (Å²) in [5, 5.41) is 3.40. The van der Waals surface area contributed by atoms with Crippen LogP contribution >= 0.6 is 34.9 Å². The lowest BCUT2D eigenvalue weighted by molar-refractivity contribution is -0.113. The van der Waals surface area contributed by atoms with E-state index in [4.69, 9.17) is 0 Å². The number of carbonyl (C=O) groups is 1. The largest absolute Gasteiger partial charge is 0.325 e. The zero-order valence-electron chi connectivity index (χ0n) is 14.5. The van der Waals surface area contributed by atoms with Crippen LogP contribution in [0.4, 0.5) is 14.5 Å². The molecule has 2 aromatic heterocycles. The second-order valence-electron chi connectivity index (χ2n) is 5.63. The summed E-state index contributed by atoms with van der Waals surface area (Å²) >= 11 is 3.65. The number of benzene rings is 1. The van der Waals surface area contributed by atoms with Crippen LogP contribution in [0.2, 0.25) is 0 Å². The second-order valence-corrected chi connectivity index (χ2v) is 8.87. The minimum absolute atomic E-state index is 0.168. The van der Waals surface area contributed by atoms with Crippen LogP contribution in [0.1, 0.15) is 11.4 Å². The molecule has 0 aliphatic heterocycles. The highest BCUT2D eigenvalue weighted by atomic mass is 32.2. The molecule has 5 nitrogen and oxygen atoms in total. The maximum absolute atomic E-state index is 12.3. The Bertz CT molecular complexity index is 944. The van der Waals surface area contributed by atoms with Crippen LogP contribution in [0.15, 0.2) is 33.8 Å². The summed E-state index contributed by atoms with van der Waals surface area (Å²) in [5.74, 6) is -0.251. The molecule has 0 unspecified atom stereocenters. The highest BCUT2D eigenvalue weighted by Crippen LogP contribution is 2.32. The number of nitrogens with zero attached hydrogens (tertiary/aromatic N) is 3. The molecule has 0 aliphatic rings. The van der Waals surface area contributed by atoms with Crippen molar-refractivity contribution in [3.05, 3.63) is 35.7 Å². The number of fused-ring (bicyclic) bond motifs is 1. The van der Waals surface area contributed by atoms with Crippen molar-refractivity contribution >= 4 is 56.7 Å². The summed E-state index contributed by atoms with van der Waals surface area (Å²) in [7, 11) is 0. The van der Waals surface area contributed by atoms with Gasteiger partial charge in [0.2, 0.25) is 12.3 Å². The molecule has 1 aromatic carbocycles. The van der Waals surface area contributed by atoms with Crippen LogP contribution in [0.25, 0.3) is 10.2 Å². The summed E-state index contributed by atoms with van der Waals surface area (Å²) in [6, 6.07) is 7.20. The Morgan fingerprint density at radius 2 is 1.89 bits per heavy atom. The first-order chi connectivity index (χ1) is 12.9. The number of halogens is 2. The normalized spacial score (nSPS) is 11.3. The first kappa shape index (κ1) is 20.0. The number of aromatic nitrogens is 3. The second kappa shape index (κ2) is 8.94. The molecule has 1 N–H and O–H groups in total. The summed E-state index contributed by atoms with van der Waals surface area (Å²) < 4.78 is 26.1. The van der Waals surface area contributed by atoms with Crippen molar-refractivity contribution in [3.63, 3.8) is 0 Å². The van der Waals surface area contributed by atoms with Crippen molar-refractivity contribution < 1.29 is 13.6 Å². The number of alkyl halides is 2. The molecule has 27 heavy (non-hydrogen) atoms. The average molecular weight is 427 g/mol. The molecule has 10 heteroatoms. The maximum Gasteiger partial charge on any atom is 0.248 e. The molecule has 0 radical (unpaired) electrons. The van der Waals surface area contributed by atoms with Crippen LogP contribution in [0, 0.1) is 13.8 Å². The van der Waals surface area contributed by atoms with Gasteiger partial charge in [-0.3, -0.25) is 4.79 Å². The smallest absolute Gasteiger partial charge is 0.248 e. The molecular weight excluding hydrogens is 410 g/mol. The number of rotatable bonds is 7. The molecule has 1 amide bonds. The first-order valence-electron chi connectivity index (χ1n) is 7.95. The van der Waals surface area contributed by atoms with E-state index in [2.05, 4.69) is 20.3 Å². The fourth-order valence-electron chi connectivity index (χ4n) is 2.26. The Kier molecular flexibility index (Phi) is 6.61. The molecule has 0 spiro atoms. The van der Waals surface area contributed by atoms with Gasteiger partial charge >= 0.3 is 0 Å². The van der Waals surface area contributed by atoms with Crippen molar-refractivity contribution in [2.24, 2.45) is 0 Å². The van der Waals surface area contributed by atoms with E-state index in [9.17, 15) is 13.6 Å². The monoisotopic (exact) mass is 426 g/mol. The number of anilines is 1. The van der Waals surface area contributed by atoms with Crippen LogP contribution in [0.5, 0.6) is 0 Å². The van der Waals surface area contributed by atoms with Gasteiger partial charge in [-0.15, -0.1) is 11.3 Å². The maximum atomic E-state index is 12.3. The van der Waals surface area contributed by atoms with Gasteiger partial charge in [0, 0.05) is 17.1 Å². The van der Waals surface area contributed by atoms with Crippen LogP contribution in [-0.2, 0) is 4.79 Å². The molecule has 0 aliphatic carbocycles. The molecule has 0 saturated carbocycles. The van der Waals surface area contributed by atoms with E-state index in [0.717, 1.165) is 33.4 Å². The Morgan fingerprint density at radius 1 is 1.15 bits per heavy atom. The van der Waals surface area contributed by atoms with Crippen molar-refractivity contribution in [1.82, 2.24) is 15.0 Å². The zero-order chi connectivity index (χ0) is 19.4. The average Bonchev–Trinajstić information content (AvgIpc) is 2.99. The summed E-state index contributed by atoms with van der Waals surface area (Å²) in [5.41, 5.74) is 3.10. The van der Waals surface area contributed by atoms with Gasteiger partial charge < -0.3 is 5.32 Å². The highest BCUT2D eigenvalue weighted by Gasteiger charge is 2.11. The Hall–Kier alpha value is -1.78. The number of aryl methyl sites for hydroxylation is 2. The highest BCUT2D eigenvalue weighted by molar-refractivity contribution is 8.01. The molecule has 2 heterocycles. The molecule has 0 fully saturated rings. The number of carbonyl (C=O) groups excluding carboxylic acids is 1. The molecule has 3 aromatic rings. The van der Waals surface area contributed by atoms with E-state index in [-0.39, 0.29) is 17.4 Å². The van der Waals surface area contributed by atoms with Crippen molar-refractivity contribution in [3.8, 4) is 0 Å². The lowest BCUT2D eigenvalue weighted by Gasteiger charge is -2.05. The molecular formula is C17H16F2N4OS3. The fraction of sp³-hybridized carbons (Fsp3) is 0.294. The number of thioether (sulfide) groups is 2. The SMILES string of the molecule is Cc1cc(C)nc(SCC(=O)Nc2ccc3nc(SCC(F)F)sc3c2)n1.